The summed E-state index contributed by atoms with van der Waals surface area (Å²) in [6.45, 7) is 5.73. The Morgan fingerprint density at radius 3 is 2.48 bits per heavy atom. The van der Waals surface area contributed by atoms with Crippen LogP contribution in [0.1, 0.15) is 36.7 Å². The first-order chi connectivity index (χ1) is 15.7. The summed E-state index contributed by atoms with van der Waals surface area (Å²) >= 11 is 0. The van der Waals surface area contributed by atoms with Crippen LogP contribution in [-0.2, 0) is 11.3 Å². The maximum atomic E-state index is 12.9. The third-order valence-corrected chi connectivity index (χ3v) is 4.93. The van der Waals surface area contributed by atoms with Gasteiger partial charge in [-0.2, -0.15) is 0 Å². The van der Waals surface area contributed by atoms with Gasteiger partial charge in [-0.05, 0) is 68.3 Å². The quantitative estimate of drug-likeness (QED) is 0.320. The van der Waals surface area contributed by atoms with E-state index < -0.39 is 5.60 Å². The van der Waals surface area contributed by atoms with E-state index in [4.69, 9.17) is 19.6 Å². The van der Waals surface area contributed by atoms with Crippen molar-refractivity contribution in [2.75, 3.05) is 5.73 Å². The number of hydrogen-bond donors (Lipinski definition) is 1. The molecule has 0 atom stereocenters. The normalized spacial score (nSPS) is 11.4. The Kier molecular flexibility index (Phi) is 5.92. The van der Waals surface area contributed by atoms with Gasteiger partial charge in [0.1, 0.15) is 29.8 Å². The Balaban J connectivity index is 1.52. The van der Waals surface area contributed by atoms with E-state index in [9.17, 15) is 9.59 Å². The number of carbonyl (C=O) groups is 1. The molecule has 168 valence electrons. The molecule has 2 N–H and O–H groups in total. The number of ether oxygens (including phenoxy) is 2. The molecule has 0 fully saturated rings. The maximum Gasteiger partial charge on any atom is 0.338 e. The van der Waals surface area contributed by atoms with Gasteiger partial charge >= 0.3 is 5.97 Å². The molecule has 0 unspecified atom stereocenters. The molecule has 0 saturated heterocycles. The molecule has 0 amide bonds. The van der Waals surface area contributed by atoms with Crippen molar-refractivity contribution < 1.29 is 18.7 Å². The van der Waals surface area contributed by atoms with Gasteiger partial charge in [0.15, 0.2) is 5.43 Å². The van der Waals surface area contributed by atoms with Gasteiger partial charge in [0.05, 0.1) is 16.5 Å². The average molecular weight is 443 g/mol. The molecule has 0 spiro atoms. The Labute approximate surface area is 191 Å². The van der Waals surface area contributed by atoms with E-state index in [1.165, 1.54) is 6.26 Å². The molecular weight excluding hydrogens is 418 g/mol. The van der Waals surface area contributed by atoms with E-state index in [1.54, 1.807) is 60.7 Å². The molecule has 3 aromatic carbocycles. The fourth-order valence-corrected chi connectivity index (χ4v) is 3.35. The average Bonchev–Trinajstić information content (AvgIpc) is 2.78. The summed E-state index contributed by atoms with van der Waals surface area (Å²) in [4.78, 5) is 25.2. The highest BCUT2D eigenvalue weighted by atomic mass is 16.6. The van der Waals surface area contributed by atoms with Crippen LogP contribution in [0.15, 0.2) is 82.2 Å². The van der Waals surface area contributed by atoms with E-state index in [2.05, 4.69) is 0 Å². The Morgan fingerprint density at radius 1 is 1.00 bits per heavy atom. The molecule has 0 aliphatic carbocycles. The van der Waals surface area contributed by atoms with Crippen molar-refractivity contribution in [3.63, 3.8) is 0 Å². The van der Waals surface area contributed by atoms with E-state index in [-0.39, 0.29) is 18.0 Å². The zero-order valence-corrected chi connectivity index (χ0v) is 18.8. The molecule has 0 bridgehead atoms. The number of nitrogens with two attached hydrogens (primary N) is 1. The summed E-state index contributed by atoms with van der Waals surface area (Å²) in [5, 5.41) is 0.462. The van der Waals surface area contributed by atoms with Crippen LogP contribution in [0.25, 0.3) is 22.1 Å². The predicted octanol–water partition coefficient (Wildman–Crippen LogP) is 5.58. The standard InChI is InChI=1S/C27H25NO5/c1-27(2,3)33-26(30)19-6-4-5-17(13-19)15-31-21-11-12-22-24(14-21)32-16-23(25(22)29)18-7-9-20(28)10-8-18/h4-14,16H,15,28H2,1-3H3. The molecule has 1 aromatic heterocycles. The minimum absolute atomic E-state index is 0.127. The number of fused-ring (bicyclic) bond motifs is 1. The molecule has 0 radical (unpaired) electrons. The van der Waals surface area contributed by atoms with Gasteiger partial charge in [0, 0.05) is 11.8 Å². The molecule has 0 aliphatic heterocycles. The summed E-state index contributed by atoms with van der Waals surface area (Å²) < 4.78 is 17.0. The highest BCUT2D eigenvalue weighted by molar-refractivity contribution is 5.89. The van der Waals surface area contributed by atoms with Crippen LogP contribution in [-0.4, -0.2) is 11.6 Å². The molecule has 33 heavy (non-hydrogen) atoms. The second-order valence-electron chi connectivity index (χ2n) is 8.75. The Bertz CT molecular complexity index is 1360. The largest absolute Gasteiger partial charge is 0.489 e. The Morgan fingerprint density at radius 2 is 1.76 bits per heavy atom. The van der Waals surface area contributed by atoms with E-state index >= 15 is 0 Å². The lowest BCUT2D eigenvalue weighted by Crippen LogP contribution is -2.23. The fourth-order valence-electron chi connectivity index (χ4n) is 3.35. The summed E-state index contributed by atoms with van der Waals surface area (Å²) in [6.07, 6.45) is 1.45. The molecular formula is C27H25NO5. The first-order valence-corrected chi connectivity index (χ1v) is 10.6. The fraction of sp³-hybridized carbons (Fsp3) is 0.185. The maximum absolute atomic E-state index is 12.9. The molecule has 0 saturated carbocycles. The zero-order chi connectivity index (χ0) is 23.6. The number of carbonyl (C=O) groups excluding carboxylic acids is 1. The first kappa shape index (κ1) is 22.1. The van der Waals surface area contributed by atoms with Gasteiger partial charge in [-0.25, -0.2) is 4.79 Å². The van der Waals surface area contributed by atoms with Gasteiger partial charge in [-0.3, -0.25) is 4.79 Å². The third-order valence-electron chi connectivity index (χ3n) is 4.93. The second-order valence-corrected chi connectivity index (χ2v) is 8.75. The van der Waals surface area contributed by atoms with Crippen LogP contribution >= 0.6 is 0 Å². The number of hydrogen-bond acceptors (Lipinski definition) is 6. The van der Waals surface area contributed by atoms with Gasteiger partial charge < -0.3 is 19.6 Å². The SMILES string of the molecule is CC(C)(C)OC(=O)c1cccc(COc2ccc3c(=O)c(-c4ccc(N)cc4)coc3c2)c1. The lowest BCUT2D eigenvalue weighted by atomic mass is 10.1. The van der Waals surface area contributed by atoms with Gasteiger partial charge in [-0.15, -0.1) is 0 Å². The summed E-state index contributed by atoms with van der Waals surface area (Å²) in [6, 6.07) is 19.3. The highest BCUT2D eigenvalue weighted by Gasteiger charge is 2.18. The number of nitrogen functional groups attached to an aromatic ring is 1. The highest BCUT2D eigenvalue weighted by Crippen LogP contribution is 2.24. The van der Waals surface area contributed by atoms with E-state index in [0.29, 0.717) is 33.5 Å². The van der Waals surface area contributed by atoms with Crippen LogP contribution in [0.3, 0.4) is 0 Å². The topological polar surface area (TPSA) is 91.8 Å². The van der Waals surface area contributed by atoms with Crippen LogP contribution in [0, 0.1) is 0 Å². The van der Waals surface area contributed by atoms with Crippen LogP contribution in [0.5, 0.6) is 5.75 Å². The molecule has 4 rings (SSSR count). The van der Waals surface area contributed by atoms with E-state index in [1.807, 2.05) is 26.8 Å². The molecule has 1 heterocycles. The number of esters is 1. The third kappa shape index (κ3) is 5.23. The minimum atomic E-state index is -0.563. The Hall–Kier alpha value is -4.06. The number of anilines is 1. The summed E-state index contributed by atoms with van der Waals surface area (Å²) in [5.41, 5.74) is 8.59. The molecule has 0 aliphatic rings. The van der Waals surface area contributed by atoms with Crippen molar-refractivity contribution in [3.05, 3.63) is 94.3 Å². The van der Waals surface area contributed by atoms with Crippen molar-refractivity contribution in [2.24, 2.45) is 0 Å². The smallest absolute Gasteiger partial charge is 0.338 e. The van der Waals surface area contributed by atoms with Crippen LogP contribution < -0.4 is 15.9 Å². The lowest BCUT2D eigenvalue weighted by molar-refractivity contribution is 0.00693. The van der Waals surface area contributed by atoms with Crippen molar-refractivity contribution in [1.29, 1.82) is 0 Å². The van der Waals surface area contributed by atoms with E-state index in [0.717, 1.165) is 11.1 Å². The number of rotatable bonds is 5. The van der Waals surface area contributed by atoms with Crippen molar-refractivity contribution in [2.45, 2.75) is 33.0 Å². The molecule has 6 nitrogen and oxygen atoms in total. The molecule has 4 aromatic rings. The number of benzene rings is 3. The zero-order valence-electron chi connectivity index (χ0n) is 18.8. The summed E-state index contributed by atoms with van der Waals surface area (Å²) in [7, 11) is 0. The van der Waals surface area contributed by atoms with Gasteiger partial charge in [0.2, 0.25) is 0 Å². The predicted molar refractivity (Wildman–Crippen MR) is 128 cm³/mol. The lowest BCUT2D eigenvalue weighted by Gasteiger charge is -2.19. The summed E-state index contributed by atoms with van der Waals surface area (Å²) in [5.74, 6) is 0.169. The minimum Gasteiger partial charge on any atom is -0.489 e. The van der Waals surface area contributed by atoms with Crippen molar-refractivity contribution >= 4 is 22.6 Å². The van der Waals surface area contributed by atoms with Crippen molar-refractivity contribution in [1.82, 2.24) is 0 Å². The monoisotopic (exact) mass is 443 g/mol. The van der Waals surface area contributed by atoms with Crippen LogP contribution in [0.2, 0.25) is 0 Å². The van der Waals surface area contributed by atoms with Crippen LogP contribution in [0.4, 0.5) is 5.69 Å². The first-order valence-electron chi connectivity index (χ1n) is 10.6. The van der Waals surface area contributed by atoms with Gasteiger partial charge in [-0.1, -0.05) is 24.3 Å². The van der Waals surface area contributed by atoms with Crippen molar-refractivity contribution in [3.8, 4) is 16.9 Å². The van der Waals surface area contributed by atoms with Gasteiger partial charge in [0.25, 0.3) is 0 Å². The molecule has 6 heteroatoms. The second kappa shape index (κ2) is 8.82.